The number of likely N-dealkylation sites (tertiary alicyclic amines) is 1. The normalized spacial score (nSPS) is 24.1. The number of nitrogens with zero attached hydrogens (tertiary/aromatic N) is 2. The third-order valence-corrected chi connectivity index (χ3v) is 4.15. The van der Waals surface area contributed by atoms with Crippen molar-refractivity contribution in [3.8, 4) is 5.75 Å². The van der Waals surface area contributed by atoms with E-state index >= 15 is 0 Å². The first-order chi connectivity index (χ1) is 10.6. The van der Waals surface area contributed by atoms with Gasteiger partial charge in [0.15, 0.2) is 5.72 Å². The quantitative estimate of drug-likeness (QED) is 0.914. The zero-order chi connectivity index (χ0) is 15.2. The number of nitrogens with one attached hydrogen (secondary N) is 1. The van der Waals surface area contributed by atoms with Crippen LogP contribution in [0.3, 0.4) is 0 Å². The first-order valence-electron chi connectivity index (χ1n) is 7.39. The maximum atomic E-state index is 12.3. The highest BCUT2D eigenvalue weighted by Gasteiger charge is 2.45. The number of hydrogen-bond acceptors (Lipinski definition) is 5. The molecular formula is C16H17N3O3. The van der Waals surface area contributed by atoms with Gasteiger partial charge >= 0.3 is 0 Å². The molecular weight excluding hydrogens is 282 g/mol. The van der Waals surface area contributed by atoms with Crippen molar-refractivity contribution in [3.05, 3.63) is 47.3 Å². The van der Waals surface area contributed by atoms with Gasteiger partial charge in [-0.15, -0.1) is 0 Å². The lowest BCUT2D eigenvalue weighted by molar-refractivity contribution is 0.0244. The summed E-state index contributed by atoms with van der Waals surface area (Å²) in [5, 5.41) is 7.04. The highest BCUT2D eigenvalue weighted by atomic mass is 16.5. The summed E-state index contributed by atoms with van der Waals surface area (Å²) in [6.07, 6.45) is 0.754. The van der Waals surface area contributed by atoms with Gasteiger partial charge in [-0.3, -0.25) is 9.69 Å². The molecule has 0 saturated carbocycles. The Morgan fingerprint density at radius 3 is 3.09 bits per heavy atom. The van der Waals surface area contributed by atoms with Crippen molar-refractivity contribution in [1.82, 2.24) is 15.4 Å². The maximum Gasteiger partial charge on any atom is 0.258 e. The molecule has 1 unspecified atom stereocenters. The fraction of sp³-hybridized carbons (Fsp3) is 0.375. The molecule has 1 atom stereocenters. The zero-order valence-corrected chi connectivity index (χ0v) is 12.3. The van der Waals surface area contributed by atoms with Crippen LogP contribution < -0.4 is 10.1 Å². The number of aromatic nitrogens is 1. The predicted octanol–water partition coefficient (Wildman–Crippen LogP) is 1.71. The molecule has 6 heteroatoms. The Bertz CT molecular complexity index is 727. The molecule has 0 aliphatic carbocycles. The molecule has 1 amide bonds. The smallest absolute Gasteiger partial charge is 0.258 e. The molecule has 6 nitrogen and oxygen atoms in total. The van der Waals surface area contributed by atoms with E-state index in [1.807, 2.05) is 31.2 Å². The van der Waals surface area contributed by atoms with Crippen LogP contribution in [0, 0.1) is 6.92 Å². The summed E-state index contributed by atoms with van der Waals surface area (Å²) < 4.78 is 11.2. The number of carbonyl (C=O) groups is 1. The molecule has 1 fully saturated rings. The number of rotatable bonds is 2. The molecule has 1 aromatic heterocycles. The Labute approximate surface area is 128 Å². The fourth-order valence-electron chi connectivity index (χ4n) is 3.15. The minimum absolute atomic E-state index is 0.0685. The van der Waals surface area contributed by atoms with Gasteiger partial charge in [-0.1, -0.05) is 17.3 Å². The van der Waals surface area contributed by atoms with Crippen LogP contribution in [-0.2, 0) is 6.54 Å². The second-order valence-electron chi connectivity index (χ2n) is 5.94. The molecule has 0 radical (unpaired) electrons. The number of hydrogen-bond donors (Lipinski definition) is 1. The van der Waals surface area contributed by atoms with Gasteiger partial charge in [-0.2, -0.15) is 0 Å². The average molecular weight is 299 g/mol. The van der Waals surface area contributed by atoms with Crippen LogP contribution in [0.25, 0.3) is 0 Å². The van der Waals surface area contributed by atoms with Gasteiger partial charge in [-0.05, 0) is 19.1 Å². The van der Waals surface area contributed by atoms with Gasteiger partial charge in [0.05, 0.1) is 17.8 Å². The molecule has 1 N–H and O–H groups in total. The first kappa shape index (κ1) is 13.3. The molecule has 22 heavy (non-hydrogen) atoms. The molecule has 2 aliphatic heterocycles. The Balaban J connectivity index is 1.51. The Kier molecular flexibility index (Phi) is 2.94. The molecule has 0 bridgehead atoms. The van der Waals surface area contributed by atoms with Gasteiger partial charge in [0.2, 0.25) is 0 Å². The van der Waals surface area contributed by atoms with Gasteiger partial charge in [0, 0.05) is 25.6 Å². The molecule has 1 aromatic carbocycles. The number of aryl methyl sites for hydroxylation is 1. The largest absolute Gasteiger partial charge is 0.466 e. The second kappa shape index (κ2) is 4.84. The van der Waals surface area contributed by atoms with Gasteiger partial charge in [0.1, 0.15) is 11.5 Å². The van der Waals surface area contributed by atoms with E-state index in [2.05, 4.69) is 15.4 Å². The SMILES string of the molecule is Cc1cc(CN2CCC3(C2)NC(=O)c2ccccc2O3)no1. The standard InChI is InChI=1S/C16H17N3O3/c1-11-8-12(18-22-11)9-19-7-6-16(10-19)17-15(20)13-4-2-3-5-14(13)21-16/h2-5,8H,6-7,9-10H2,1H3,(H,17,20). The van der Waals surface area contributed by atoms with Gasteiger partial charge < -0.3 is 14.6 Å². The minimum atomic E-state index is -0.635. The summed E-state index contributed by atoms with van der Waals surface area (Å²) in [4.78, 5) is 14.5. The fourth-order valence-corrected chi connectivity index (χ4v) is 3.15. The summed E-state index contributed by atoms with van der Waals surface area (Å²) >= 11 is 0. The van der Waals surface area contributed by atoms with Crippen molar-refractivity contribution >= 4 is 5.91 Å². The number of para-hydroxylation sites is 1. The van der Waals surface area contributed by atoms with Crippen LogP contribution in [0.1, 0.15) is 28.2 Å². The van der Waals surface area contributed by atoms with E-state index in [4.69, 9.17) is 9.26 Å². The number of benzene rings is 1. The highest BCUT2D eigenvalue weighted by molar-refractivity contribution is 5.98. The molecule has 2 aliphatic rings. The predicted molar refractivity (Wildman–Crippen MR) is 78.4 cm³/mol. The van der Waals surface area contributed by atoms with Crippen molar-refractivity contribution in [2.24, 2.45) is 0 Å². The van der Waals surface area contributed by atoms with E-state index in [0.717, 1.165) is 24.4 Å². The van der Waals surface area contributed by atoms with Gasteiger partial charge in [0.25, 0.3) is 5.91 Å². The molecule has 114 valence electrons. The van der Waals surface area contributed by atoms with E-state index < -0.39 is 5.72 Å². The summed E-state index contributed by atoms with van der Waals surface area (Å²) in [7, 11) is 0. The highest BCUT2D eigenvalue weighted by Crippen LogP contribution is 2.33. The monoisotopic (exact) mass is 299 g/mol. The molecule has 1 saturated heterocycles. The van der Waals surface area contributed by atoms with Crippen molar-refractivity contribution in [3.63, 3.8) is 0 Å². The second-order valence-corrected chi connectivity index (χ2v) is 5.94. The lowest BCUT2D eigenvalue weighted by atomic mass is 10.1. The van der Waals surface area contributed by atoms with Gasteiger partial charge in [-0.25, -0.2) is 0 Å². The third kappa shape index (κ3) is 2.25. The molecule has 2 aromatic rings. The number of ether oxygens (including phenoxy) is 1. The zero-order valence-electron chi connectivity index (χ0n) is 12.3. The summed E-state index contributed by atoms with van der Waals surface area (Å²) in [5.41, 5.74) is 0.861. The van der Waals surface area contributed by atoms with E-state index in [1.54, 1.807) is 6.07 Å². The van der Waals surface area contributed by atoms with E-state index in [0.29, 0.717) is 24.4 Å². The van der Waals surface area contributed by atoms with Crippen LogP contribution in [-0.4, -0.2) is 34.8 Å². The Morgan fingerprint density at radius 2 is 2.27 bits per heavy atom. The third-order valence-electron chi connectivity index (χ3n) is 4.15. The van der Waals surface area contributed by atoms with Crippen LogP contribution in [0.2, 0.25) is 0 Å². The van der Waals surface area contributed by atoms with Crippen molar-refractivity contribution < 1.29 is 14.1 Å². The van der Waals surface area contributed by atoms with Crippen molar-refractivity contribution in [2.45, 2.75) is 25.6 Å². The first-order valence-corrected chi connectivity index (χ1v) is 7.39. The van der Waals surface area contributed by atoms with E-state index in [-0.39, 0.29) is 5.91 Å². The Hall–Kier alpha value is -2.34. The van der Waals surface area contributed by atoms with Crippen LogP contribution in [0.4, 0.5) is 0 Å². The maximum absolute atomic E-state index is 12.3. The summed E-state index contributed by atoms with van der Waals surface area (Å²) in [6.45, 7) is 4.05. The molecule has 4 rings (SSSR count). The molecule has 1 spiro atoms. The molecule has 3 heterocycles. The summed E-state index contributed by atoms with van der Waals surface area (Å²) in [6, 6.07) is 9.28. The van der Waals surface area contributed by atoms with Crippen molar-refractivity contribution in [2.75, 3.05) is 13.1 Å². The van der Waals surface area contributed by atoms with Crippen molar-refractivity contribution in [1.29, 1.82) is 0 Å². The van der Waals surface area contributed by atoms with Crippen LogP contribution >= 0.6 is 0 Å². The van der Waals surface area contributed by atoms with Crippen LogP contribution in [0.5, 0.6) is 5.75 Å². The topological polar surface area (TPSA) is 67.6 Å². The van der Waals surface area contributed by atoms with E-state index in [9.17, 15) is 4.79 Å². The lowest BCUT2D eigenvalue weighted by Gasteiger charge is -2.36. The van der Waals surface area contributed by atoms with Crippen LogP contribution in [0.15, 0.2) is 34.9 Å². The minimum Gasteiger partial charge on any atom is -0.466 e. The number of amides is 1. The summed E-state index contributed by atoms with van der Waals surface area (Å²) in [5.74, 6) is 1.39. The number of fused-ring (bicyclic) bond motifs is 1. The average Bonchev–Trinajstić information content (AvgIpc) is 3.06. The Morgan fingerprint density at radius 1 is 1.41 bits per heavy atom. The number of carbonyl (C=O) groups excluding carboxylic acids is 1. The lowest BCUT2D eigenvalue weighted by Crippen LogP contribution is -2.57. The van der Waals surface area contributed by atoms with E-state index in [1.165, 1.54) is 0 Å².